The Morgan fingerprint density at radius 2 is 2.12 bits per heavy atom. The molecule has 1 unspecified atom stereocenters. The van der Waals surface area contributed by atoms with Crippen molar-refractivity contribution in [3.8, 4) is 5.75 Å². The molecule has 1 aromatic carbocycles. The minimum atomic E-state index is -1.08. The molecule has 1 aromatic rings. The Kier molecular flexibility index (Phi) is 5.90. The number of carbonyl (C=O) groups excluding carboxylic acids is 1. The summed E-state index contributed by atoms with van der Waals surface area (Å²) in [5, 5.41) is 26.8. The first-order valence-electron chi connectivity index (χ1n) is 6.69. The molecule has 1 fully saturated rings. The van der Waals surface area contributed by atoms with Crippen LogP contribution in [-0.2, 0) is 14.4 Å². The van der Waals surface area contributed by atoms with E-state index >= 15 is 0 Å². The van der Waals surface area contributed by atoms with Crippen LogP contribution in [0.5, 0.6) is 5.75 Å². The fourth-order valence-electron chi connectivity index (χ4n) is 1.72. The lowest BCUT2D eigenvalue weighted by Gasteiger charge is -2.02. The third-order valence-electron chi connectivity index (χ3n) is 2.71. The van der Waals surface area contributed by atoms with Gasteiger partial charge >= 0.3 is 11.9 Å². The molecule has 0 aliphatic carbocycles. The highest BCUT2D eigenvalue weighted by Gasteiger charge is 2.32. The minimum absolute atomic E-state index is 0.223. The van der Waals surface area contributed by atoms with Gasteiger partial charge in [-0.3, -0.25) is 9.59 Å². The van der Waals surface area contributed by atoms with Crippen LogP contribution in [0.1, 0.15) is 12.0 Å². The van der Waals surface area contributed by atoms with E-state index in [4.69, 9.17) is 14.9 Å². The fourth-order valence-corrected chi connectivity index (χ4v) is 2.64. The normalized spacial score (nSPS) is 18.8. The molecule has 0 radical (unpaired) electrons. The predicted molar refractivity (Wildman–Crippen MR) is 86.4 cm³/mol. The van der Waals surface area contributed by atoms with Crippen LogP contribution in [0.25, 0.3) is 0 Å². The summed E-state index contributed by atoms with van der Waals surface area (Å²) in [7, 11) is 0. The molecule has 2 rings (SSSR count). The number of ether oxygens (including phenoxy) is 1. The number of nitrogens with one attached hydrogen (secondary N) is 1. The van der Waals surface area contributed by atoms with E-state index in [9.17, 15) is 14.4 Å². The summed E-state index contributed by atoms with van der Waals surface area (Å²) in [6, 6.07) is 6.57. The Bertz CT molecular complexity index is 718. The van der Waals surface area contributed by atoms with Gasteiger partial charge in [0.2, 0.25) is 5.91 Å². The van der Waals surface area contributed by atoms with Crippen LogP contribution in [0.4, 0.5) is 0 Å². The molecule has 1 saturated heterocycles. The average molecular weight is 351 g/mol. The summed E-state index contributed by atoms with van der Waals surface area (Å²) in [5.41, 5.74) is 0.624. The molecule has 0 aromatic heterocycles. The molecule has 0 bridgehead atoms. The van der Waals surface area contributed by atoms with Crippen molar-refractivity contribution in [2.24, 2.45) is 10.2 Å². The summed E-state index contributed by atoms with van der Waals surface area (Å²) in [6.45, 7) is -0.448. The van der Waals surface area contributed by atoms with Crippen molar-refractivity contribution < 1.29 is 29.3 Å². The molecule has 1 heterocycles. The molecule has 1 atom stereocenters. The number of carboxylic acid groups (broad SMARTS) is 2. The smallest absolute Gasteiger partial charge is 0.341 e. The number of hydrogen-bond donors (Lipinski definition) is 3. The van der Waals surface area contributed by atoms with Crippen LogP contribution in [0.2, 0.25) is 0 Å². The maximum atomic E-state index is 11.5. The van der Waals surface area contributed by atoms with Crippen LogP contribution in [0, 0.1) is 0 Å². The van der Waals surface area contributed by atoms with Gasteiger partial charge in [0.1, 0.15) is 11.0 Å². The summed E-state index contributed by atoms with van der Waals surface area (Å²) in [5.74, 6) is -2.18. The van der Waals surface area contributed by atoms with Gasteiger partial charge in [0.25, 0.3) is 0 Å². The highest BCUT2D eigenvalue weighted by atomic mass is 32.2. The second-order valence-electron chi connectivity index (χ2n) is 4.60. The maximum absolute atomic E-state index is 11.5. The van der Waals surface area contributed by atoms with Crippen molar-refractivity contribution in [1.29, 1.82) is 0 Å². The molecule has 3 N–H and O–H groups in total. The Hall–Kier alpha value is -2.88. The van der Waals surface area contributed by atoms with Crippen LogP contribution in [-0.4, -0.2) is 51.3 Å². The lowest BCUT2D eigenvalue weighted by molar-refractivity contribution is -0.139. The van der Waals surface area contributed by atoms with Gasteiger partial charge in [0.05, 0.1) is 12.6 Å². The number of hydrogen-bond acceptors (Lipinski definition) is 7. The van der Waals surface area contributed by atoms with Crippen LogP contribution < -0.4 is 10.1 Å². The van der Waals surface area contributed by atoms with E-state index in [0.29, 0.717) is 11.3 Å². The highest BCUT2D eigenvalue weighted by Crippen LogP contribution is 2.22. The molecule has 1 aliphatic heterocycles. The Balaban J connectivity index is 1.96. The first-order chi connectivity index (χ1) is 11.4. The van der Waals surface area contributed by atoms with Crippen molar-refractivity contribution in [3.63, 3.8) is 0 Å². The van der Waals surface area contributed by atoms with E-state index < -0.39 is 29.7 Å². The van der Waals surface area contributed by atoms with Crippen molar-refractivity contribution in [1.82, 2.24) is 5.32 Å². The maximum Gasteiger partial charge on any atom is 0.341 e. The number of amidine groups is 1. The lowest BCUT2D eigenvalue weighted by Crippen LogP contribution is -2.26. The number of carbonyl (C=O) groups is 3. The number of aliphatic carboxylic acids is 2. The minimum Gasteiger partial charge on any atom is -0.482 e. The number of carboxylic acids is 2. The molecule has 9 nitrogen and oxygen atoms in total. The summed E-state index contributed by atoms with van der Waals surface area (Å²) in [4.78, 5) is 32.6. The van der Waals surface area contributed by atoms with E-state index in [2.05, 4.69) is 15.5 Å². The number of amides is 1. The van der Waals surface area contributed by atoms with Crippen molar-refractivity contribution in [2.45, 2.75) is 11.7 Å². The molecule has 0 spiro atoms. The molecule has 1 amide bonds. The van der Waals surface area contributed by atoms with Crippen molar-refractivity contribution in [3.05, 3.63) is 29.8 Å². The fraction of sp³-hybridized carbons (Fsp3) is 0.214. The molecule has 126 valence electrons. The third kappa shape index (κ3) is 5.39. The summed E-state index contributed by atoms with van der Waals surface area (Å²) < 4.78 is 5.04. The van der Waals surface area contributed by atoms with Crippen molar-refractivity contribution >= 4 is 41.0 Å². The Morgan fingerprint density at radius 1 is 1.33 bits per heavy atom. The zero-order chi connectivity index (χ0) is 17.5. The standard InChI is InChI=1S/C14H13N3O6S/c18-11(19)5-10-13(22)16-14(24-10)17-15-6-8-2-1-3-9(4-8)23-7-12(20)21/h1-4,6,10H,5,7H2,(H,18,19)(H,20,21)(H,16,17,22). The largest absolute Gasteiger partial charge is 0.482 e. The van der Waals surface area contributed by atoms with Crippen molar-refractivity contribution in [2.75, 3.05) is 6.61 Å². The molecule has 24 heavy (non-hydrogen) atoms. The van der Waals surface area contributed by atoms with Crippen LogP contribution in [0.3, 0.4) is 0 Å². The SMILES string of the molecule is O=C(O)COc1cccc(C=N/N=C2\NC(=O)C(CC(=O)O)S2)c1. The van der Waals surface area contributed by atoms with E-state index in [1.165, 1.54) is 6.21 Å². The molecular weight excluding hydrogens is 338 g/mol. The lowest BCUT2D eigenvalue weighted by atomic mass is 10.2. The first-order valence-corrected chi connectivity index (χ1v) is 7.57. The quantitative estimate of drug-likeness (QED) is 0.481. The average Bonchev–Trinajstić information content (AvgIpc) is 2.85. The van der Waals surface area contributed by atoms with E-state index in [0.717, 1.165) is 11.8 Å². The van der Waals surface area contributed by atoms with Gasteiger partial charge in [-0.15, -0.1) is 5.10 Å². The highest BCUT2D eigenvalue weighted by molar-refractivity contribution is 8.15. The second-order valence-corrected chi connectivity index (χ2v) is 5.79. The number of rotatable bonds is 7. The molecule has 1 aliphatic rings. The van der Waals surface area contributed by atoms with Gasteiger partial charge < -0.3 is 20.3 Å². The number of nitrogens with zero attached hydrogens (tertiary/aromatic N) is 2. The van der Waals surface area contributed by atoms with Gasteiger partial charge in [0.15, 0.2) is 11.8 Å². The van der Waals surface area contributed by atoms with E-state index in [-0.39, 0.29) is 11.6 Å². The van der Waals surface area contributed by atoms with E-state index in [1.54, 1.807) is 24.3 Å². The van der Waals surface area contributed by atoms with Gasteiger partial charge in [-0.2, -0.15) is 5.10 Å². The molecule has 10 heteroatoms. The zero-order valence-electron chi connectivity index (χ0n) is 12.2. The van der Waals surface area contributed by atoms with Gasteiger partial charge in [-0.1, -0.05) is 23.9 Å². The number of thioether (sulfide) groups is 1. The zero-order valence-corrected chi connectivity index (χ0v) is 13.0. The monoisotopic (exact) mass is 351 g/mol. The van der Waals surface area contributed by atoms with E-state index in [1.807, 2.05) is 0 Å². The molecular formula is C14H13N3O6S. The van der Waals surface area contributed by atoms with Crippen LogP contribution in [0.15, 0.2) is 34.5 Å². The Morgan fingerprint density at radius 3 is 2.83 bits per heavy atom. The second kappa shape index (κ2) is 8.11. The van der Waals surface area contributed by atoms with Gasteiger partial charge in [-0.05, 0) is 17.7 Å². The van der Waals surface area contributed by atoms with Gasteiger partial charge in [-0.25, -0.2) is 4.79 Å². The first kappa shape index (κ1) is 17.5. The summed E-state index contributed by atoms with van der Waals surface area (Å²) >= 11 is 1.00. The predicted octanol–water partition coefficient (Wildman–Crippen LogP) is 0.546. The number of benzene rings is 1. The Labute approximate surface area is 140 Å². The topological polar surface area (TPSA) is 138 Å². The van der Waals surface area contributed by atoms with Crippen LogP contribution >= 0.6 is 11.8 Å². The third-order valence-corrected chi connectivity index (χ3v) is 3.78. The summed E-state index contributed by atoms with van der Waals surface area (Å²) in [6.07, 6.45) is 1.11. The van der Waals surface area contributed by atoms with Gasteiger partial charge in [0, 0.05) is 0 Å². The molecule has 0 saturated carbocycles.